The van der Waals surface area contributed by atoms with Crippen molar-refractivity contribution in [1.29, 1.82) is 0 Å². The lowest BCUT2D eigenvalue weighted by Crippen LogP contribution is -1.96. The van der Waals surface area contributed by atoms with E-state index in [9.17, 15) is 4.39 Å². The molecule has 2 aromatic rings. The Labute approximate surface area is 109 Å². The van der Waals surface area contributed by atoms with E-state index in [2.05, 4.69) is 28.0 Å². The summed E-state index contributed by atoms with van der Waals surface area (Å²) in [6.07, 6.45) is 0.859. The number of aryl methyl sites for hydroxylation is 2. The van der Waals surface area contributed by atoms with Crippen LogP contribution < -0.4 is 0 Å². The van der Waals surface area contributed by atoms with E-state index in [1.165, 1.54) is 6.07 Å². The van der Waals surface area contributed by atoms with Crippen molar-refractivity contribution in [3.8, 4) is 11.3 Å². The van der Waals surface area contributed by atoms with Crippen LogP contribution in [0.25, 0.3) is 11.3 Å². The Bertz CT molecular complexity index is 561. The fourth-order valence-corrected chi connectivity index (χ4v) is 2.74. The summed E-state index contributed by atoms with van der Waals surface area (Å²) >= 11 is 3.51. The second-order valence-electron chi connectivity index (χ2n) is 4.07. The highest BCUT2D eigenvalue weighted by Crippen LogP contribution is 2.32. The molecule has 0 bridgehead atoms. The summed E-state index contributed by atoms with van der Waals surface area (Å²) in [7, 11) is 1.88. The number of halogens is 2. The van der Waals surface area contributed by atoms with E-state index in [0.29, 0.717) is 11.3 Å². The zero-order valence-electron chi connectivity index (χ0n) is 10.1. The minimum absolute atomic E-state index is 0.239. The maximum atomic E-state index is 13.8. The zero-order valence-corrected chi connectivity index (χ0v) is 11.7. The molecule has 17 heavy (non-hydrogen) atoms. The normalized spacial score (nSPS) is 10.9. The largest absolute Gasteiger partial charge is 0.271 e. The van der Waals surface area contributed by atoms with Gasteiger partial charge in [-0.25, -0.2) is 4.39 Å². The maximum absolute atomic E-state index is 13.8. The van der Waals surface area contributed by atoms with Gasteiger partial charge in [-0.05, 0) is 41.4 Å². The fraction of sp³-hybridized carbons (Fsp3) is 0.308. The van der Waals surface area contributed by atoms with E-state index >= 15 is 0 Å². The molecular weight excluding hydrogens is 283 g/mol. The molecule has 2 nitrogen and oxygen atoms in total. The van der Waals surface area contributed by atoms with Crippen molar-refractivity contribution >= 4 is 15.9 Å². The van der Waals surface area contributed by atoms with Crippen LogP contribution in [0.2, 0.25) is 0 Å². The summed E-state index contributed by atoms with van der Waals surface area (Å²) < 4.78 is 16.5. The summed E-state index contributed by atoms with van der Waals surface area (Å²) in [5.41, 5.74) is 3.32. The van der Waals surface area contributed by atoms with E-state index in [4.69, 9.17) is 0 Å². The molecule has 1 aromatic heterocycles. The van der Waals surface area contributed by atoms with E-state index < -0.39 is 0 Å². The fourth-order valence-electron chi connectivity index (χ4n) is 1.91. The number of benzene rings is 1. The van der Waals surface area contributed by atoms with Crippen LogP contribution in [0.1, 0.15) is 18.2 Å². The molecule has 1 aromatic carbocycles. The molecule has 0 spiro atoms. The molecule has 90 valence electrons. The summed E-state index contributed by atoms with van der Waals surface area (Å²) in [5.74, 6) is -0.239. The van der Waals surface area contributed by atoms with Gasteiger partial charge in [0.05, 0.1) is 10.2 Å². The van der Waals surface area contributed by atoms with Gasteiger partial charge in [-0.2, -0.15) is 5.10 Å². The summed E-state index contributed by atoms with van der Waals surface area (Å²) in [4.78, 5) is 0. The quantitative estimate of drug-likeness (QED) is 0.823. The van der Waals surface area contributed by atoms with Gasteiger partial charge in [0.2, 0.25) is 0 Å². The van der Waals surface area contributed by atoms with Crippen LogP contribution in [0.3, 0.4) is 0 Å². The SMILES string of the molecule is CCc1c(Br)c(-c2cc(C)ccc2F)nn1C. The zero-order chi connectivity index (χ0) is 12.6. The highest BCUT2D eigenvalue weighted by molar-refractivity contribution is 9.10. The lowest BCUT2D eigenvalue weighted by Gasteiger charge is -2.02. The second-order valence-corrected chi connectivity index (χ2v) is 4.86. The Hall–Kier alpha value is -1.16. The number of aromatic nitrogens is 2. The first-order valence-electron chi connectivity index (χ1n) is 5.52. The van der Waals surface area contributed by atoms with E-state index in [1.54, 1.807) is 10.7 Å². The average Bonchev–Trinajstić information content (AvgIpc) is 2.57. The molecule has 0 aliphatic rings. The lowest BCUT2D eigenvalue weighted by molar-refractivity contribution is 0.629. The van der Waals surface area contributed by atoms with Crippen molar-refractivity contribution in [2.24, 2.45) is 7.05 Å². The number of hydrogen-bond donors (Lipinski definition) is 0. The Kier molecular flexibility index (Phi) is 3.33. The van der Waals surface area contributed by atoms with Gasteiger partial charge in [0.25, 0.3) is 0 Å². The van der Waals surface area contributed by atoms with Gasteiger partial charge in [-0.1, -0.05) is 18.6 Å². The third-order valence-electron chi connectivity index (χ3n) is 2.81. The lowest BCUT2D eigenvalue weighted by atomic mass is 10.1. The van der Waals surface area contributed by atoms with Crippen LogP contribution in [-0.4, -0.2) is 9.78 Å². The smallest absolute Gasteiger partial charge is 0.132 e. The molecule has 0 amide bonds. The van der Waals surface area contributed by atoms with E-state index in [1.807, 2.05) is 20.0 Å². The van der Waals surface area contributed by atoms with E-state index in [-0.39, 0.29) is 5.82 Å². The van der Waals surface area contributed by atoms with Crippen LogP contribution in [-0.2, 0) is 13.5 Å². The molecule has 0 fully saturated rings. The molecule has 0 unspecified atom stereocenters. The third-order valence-corrected chi connectivity index (χ3v) is 3.65. The van der Waals surface area contributed by atoms with Crippen LogP contribution in [0.5, 0.6) is 0 Å². The van der Waals surface area contributed by atoms with Crippen LogP contribution in [0, 0.1) is 12.7 Å². The molecule has 4 heteroatoms. The standard InChI is InChI=1S/C13H14BrFN2/c1-4-11-12(14)13(16-17(11)3)9-7-8(2)5-6-10(9)15/h5-7H,4H2,1-3H3. The number of rotatable bonds is 2. The Balaban J connectivity index is 2.64. The van der Waals surface area contributed by atoms with Crippen molar-refractivity contribution in [2.75, 3.05) is 0 Å². The molecule has 0 N–H and O–H groups in total. The van der Waals surface area contributed by atoms with Gasteiger partial charge in [-0.15, -0.1) is 0 Å². The molecule has 0 saturated carbocycles. The molecule has 0 aliphatic carbocycles. The molecule has 0 aliphatic heterocycles. The van der Waals surface area contributed by atoms with Gasteiger partial charge in [0, 0.05) is 12.6 Å². The Morgan fingerprint density at radius 1 is 1.41 bits per heavy atom. The van der Waals surface area contributed by atoms with Gasteiger partial charge in [-0.3, -0.25) is 4.68 Å². The molecule has 2 rings (SSSR count). The van der Waals surface area contributed by atoms with Crippen LogP contribution in [0.15, 0.2) is 22.7 Å². The van der Waals surface area contributed by atoms with Gasteiger partial charge < -0.3 is 0 Å². The topological polar surface area (TPSA) is 17.8 Å². The molecular formula is C13H14BrFN2. The van der Waals surface area contributed by atoms with Crippen molar-refractivity contribution in [3.63, 3.8) is 0 Å². The highest BCUT2D eigenvalue weighted by Gasteiger charge is 2.16. The average molecular weight is 297 g/mol. The first kappa shape index (κ1) is 12.3. The van der Waals surface area contributed by atoms with Gasteiger partial charge in [0.15, 0.2) is 0 Å². The second kappa shape index (κ2) is 4.61. The minimum Gasteiger partial charge on any atom is -0.271 e. The third kappa shape index (κ3) is 2.14. The number of hydrogen-bond acceptors (Lipinski definition) is 1. The number of nitrogens with zero attached hydrogens (tertiary/aromatic N) is 2. The van der Waals surface area contributed by atoms with Crippen molar-refractivity contribution in [1.82, 2.24) is 9.78 Å². The monoisotopic (exact) mass is 296 g/mol. The predicted molar refractivity (Wildman–Crippen MR) is 70.4 cm³/mol. The van der Waals surface area contributed by atoms with Gasteiger partial charge in [0.1, 0.15) is 11.5 Å². The van der Waals surface area contributed by atoms with Crippen LogP contribution >= 0.6 is 15.9 Å². The first-order chi connectivity index (χ1) is 8.04. The minimum atomic E-state index is -0.239. The maximum Gasteiger partial charge on any atom is 0.132 e. The van der Waals surface area contributed by atoms with Crippen LogP contribution in [0.4, 0.5) is 4.39 Å². The molecule has 0 atom stereocenters. The Morgan fingerprint density at radius 2 is 2.12 bits per heavy atom. The van der Waals surface area contributed by atoms with E-state index in [0.717, 1.165) is 22.2 Å². The van der Waals surface area contributed by atoms with Crippen molar-refractivity contribution in [2.45, 2.75) is 20.3 Å². The van der Waals surface area contributed by atoms with Crippen molar-refractivity contribution < 1.29 is 4.39 Å². The highest BCUT2D eigenvalue weighted by atomic mass is 79.9. The van der Waals surface area contributed by atoms with Crippen molar-refractivity contribution in [3.05, 3.63) is 39.7 Å². The summed E-state index contributed by atoms with van der Waals surface area (Å²) in [5, 5.41) is 4.38. The molecule has 0 saturated heterocycles. The first-order valence-corrected chi connectivity index (χ1v) is 6.31. The van der Waals surface area contributed by atoms with Gasteiger partial charge >= 0.3 is 0 Å². The molecule has 0 radical (unpaired) electrons. The predicted octanol–water partition coefficient (Wildman–Crippen LogP) is 3.86. The Morgan fingerprint density at radius 3 is 2.71 bits per heavy atom. The molecule has 1 heterocycles. The summed E-state index contributed by atoms with van der Waals surface area (Å²) in [6, 6.07) is 5.07. The summed E-state index contributed by atoms with van der Waals surface area (Å²) in [6.45, 7) is 4.00.